The monoisotopic (exact) mass is 680 g/mol. The Kier molecular flexibility index (Phi) is 9.41. The maximum atomic E-state index is 13.5. The maximum absolute atomic E-state index is 13.5. The summed E-state index contributed by atoms with van der Waals surface area (Å²) >= 11 is 0. The van der Waals surface area contributed by atoms with Gasteiger partial charge in [0.2, 0.25) is 0 Å². The number of rotatable bonds is 7. The van der Waals surface area contributed by atoms with Gasteiger partial charge in [-0.3, -0.25) is 19.6 Å². The van der Waals surface area contributed by atoms with Crippen LogP contribution < -0.4 is 10.4 Å². The Balaban J connectivity index is 1.70. The predicted molar refractivity (Wildman–Crippen MR) is 194 cm³/mol. The Labute approximate surface area is 292 Å². The number of aromatic nitrogens is 4. The van der Waals surface area contributed by atoms with Crippen LogP contribution in [0.4, 0.5) is 0 Å². The average molecular weight is 681 g/mol. The summed E-state index contributed by atoms with van der Waals surface area (Å²) in [4.78, 5) is 43.8. The van der Waals surface area contributed by atoms with Gasteiger partial charge >= 0.3 is 11.9 Å². The molecule has 1 aliphatic carbocycles. The van der Waals surface area contributed by atoms with Crippen LogP contribution in [0.2, 0.25) is 0 Å². The first-order valence-corrected chi connectivity index (χ1v) is 17.5. The van der Waals surface area contributed by atoms with Crippen LogP contribution in [0.25, 0.3) is 33.6 Å². The summed E-state index contributed by atoms with van der Waals surface area (Å²) in [5.41, 5.74) is 9.46. The quantitative estimate of drug-likeness (QED) is 0.154. The van der Waals surface area contributed by atoms with E-state index in [2.05, 4.69) is 30.7 Å². The molecular weight excluding hydrogens is 632 g/mol. The zero-order valence-corrected chi connectivity index (χ0v) is 30.4. The lowest BCUT2D eigenvalue weighted by Crippen LogP contribution is -2.18. The highest BCUT2D eigenvalue weighted by molar-refractivity contribution is 5.96. The largest absolute Gasteiger partial charge is 0.512 e. The minimum atomic E-state index is -1.08. The standard InChI is InChI=1S/C40H48N4O6/c1-10-24-19(4)26-17-31-33(23(8)45)21(6)28(42-31)15-27-20(5)25(11-12-32(46)50-14-13-18(2)3)37(43-27)35-36(40(48)49-9)39(47)34-22(7)29(44-38(34)35)16-30(24)41-26/h13,15-17,19-20,24-25,36,42,44-45,47H,10-12,14H2,1-9H3/b27-15?,30-16?,31-17?,33-23+/t19-,20+,24-,25+,36-/m1/s1. The molecule has 0 amide bonds. The number of carbonyl (C=O) groups is 2. The zero-order chi connectivity index (χ0) is 36.2. The first kappa shape index (κ1) is 35.0. The zero-order valence-electron chi connectivity index (χ0n) is 30.4. The van der Waals surface area contributed by atoms with Gasteiger partial charge < -0.3 is 29.7 Å². The second-order valence-electron chi connectivity index (χ2n) is 14.2. The van der Waals surface area contributed by atoms with Crippen LogP contribution in [-0.4, -0.2) is 55.8 Å². The van der Waals surface area contributed by atoms with E-state index in [0.717, 1.165) is 62.0 Å². The van der Waals surface area contributed by atoms with Gasteiger partial charge in [-0.25, -0.2) is 0 Å². The lowest BCUT2D eigenvalue weighted by molar-refractivity contribution is -0.143. The fraction of sp³-hybridized carbons (Fsp3) is 0.450. The molecule has 2 aliphatic heterocycles. The molecule has 264 valence electrons. The molecule has 3 aromatic heterocycles. The molecule has 10 nitrogen and oxygen atoms in total. The fourth-order valence-electron chi connectivity index (χ4n) is 8.01. The Bertz CT molecular complexity index is 2220. The van der Waals surface area contributed by atoms with Crippen molar-refractivity contribution in [3.05, 3.63) is 79.8 Å². The van der Waals surface area contributed by atoms with Crippen molar-refractivity contribution in [2.45, 2.75) is 104 Å². The SMILES string of the molecule is CC[C@H]1c2cc3[nH]c4c(c5nc(cc6[nH]c(cc(n2)[C@@H]1C)/c(=C(\C)O)c6C)[C@@H](C)[C@@H]5CCC(=O)OCC=C(C)C)[C@@H](C(=O)OC)C(O)=c4c3C. The van der Waals surface area contributed by atoms with E-state index in [4.69, 9.17) is 19.4 Å². The molecule has 0 spiro atoms. The summed E-state index contributed by atoms with van der Waals surface area (Å²) < 4.78 is 10.7. The van der Waals surface area contributed by atoms with Gasteiger partial charge in [0.1, 0.15) is 18.3 Å². The Morgan fingerprint density at radius 2 is 1.56 bits per heavy atom. The van der Waals surface area contributed by atoms with E-state index in [0.29, 0.717) is 28.4 Å². The first-order valence-electron chi connectivity index (χ1n) is 17.5. The highest BCUT2D eigenvalue weighted by Gasteiger charge is 2.41. The molecule has 0 radical (unpaired) electrons. The van der Waals surface area contributed by atoms with E-state index in [-0.39, 0.29) is 54.2 Å². The number of aliphatic hydroxyl groups excluding tert-OH is 2. The van der Waals surface area contributed by atoms with Crippen molar-refractivity contribution in [1.82, 2.24) is 19.9 Å². The number of aromatic amines is 2. The van der Waals surface area contributed by atoms with Crippen LogP contribution in [0.15, 0.2) is 29.8 Å². The number of ether oxygens (including phenoxy) is 2. The van der Waals surface area contributed by atoms with Crippen LogP contribution in [0.5, 0.6) is 0 Å². The minimum Gasteiger partial charge on any atom is -0.512 e. The van der Waals surface area contributed by atoms with Gasteiger partial charge in [-0.2, -0.15) is 0 Å². The molecular formula is C40H48N4O6. The topological polar surface area (TPSA) is 150 Å². The number of nitrogens with one attached hydrogen (secondary N) is 2. The number of nitrogens with zero attached hydrogens (tertiary/aromatic N) is 2. The Morgan fingerprint density at radius 3 is 2.22 bits per heavy atom. The van der Waals surface area contributed by atoms with E-state index in [1.54, 1.807) is 6.92 Å². The molecule has 0 saturated carbocycles. The minimum absolute atomic E-state index is 0.0816. The molecule has 0 saturated heterocycles. The first-order chi connectivity index (χ1) is 23.8. The predicted octanol–water partition coefficient (Wildman–Crippen LogP) is 7.03. The van der Waals surface area contributed by atoms with Crippen LogP contribution in [0.3, 0.4) is 0 Å². The second kappa shape index (κ2) is 13.5. The lowest BCUT2D eigenvalue weighted by atomic mass is 9.84. The maximum Gasteiger partial charge on any atom is 0.321 e. The Hall–Kier alpha value is -4.86. The number of aryl methyl sites for hydroxylation is 2. The van der Waals surface area contributed by atoms with Crippen LogP contribution in [0.1, 0.15) is 130 Å². The van der Waals surface area contributed by atoms with Crippen molar-refractivity contribution in [3.63, 3.8) is 0 Å². The second-order valence-corrected chi connectivity index (χ2v) is 14.2. The van der Waals surface area contributed by atoms with E-state index in [1.807, 2.05) is 52.0 Å². The third-order valence-corrected chi connectivity index (χ3v) is 10.9. The van der Waals surface area contributed by atoms with Crippen molar-refractivity contribution in [1.29, 1.82) is 0 Å². The van der Waals surface area contributed by atoms with Crippen molar-refractivity contribution in [3.8, 4) is 0 Å². The molecule has 8 bridgehead atoms. The normalized spacial score (nSPS) is 21.6. The average Bonchev–Trinajstić information content (AvgIpc) is 3.80. The van der Waals surface area contributed by atoms with E-state index in [9.17, 15) is 19.8 Å². The molecule has 4 N–H and O–H groups in total. The number of fused-ring (bicyclic) bond motifs is 8. The molecule has 3 aliphatic rings. The fourth-order valence-corrected chi connectivity index (χ4v) is 8.01. The highest BCUT2D eigenvalue weighted by Crippen LogP contribution is 2.46. The number of esters is 2. The molecule has 6 rings (SSSR count). The van der Waals surface area contributed by atoms with Crippen LogP contribution >= 0.6 is 0 Å². The summed E-state index contributed by atoms with van der Waals surface area (Å²) in [5, 5.41) is 23.9. The summed E-state index contributed by atoms with van der Waals surface area (Å²) in [6.07, 6.45) is 3.30. The van der Waals surface area contributed by atoms with Gasteiger partial charge in [-0.1, -0.05) is 26.3 Å². The highest BCUT2D eigenvalue weighted by atomic mass is 16.5. The smallest absolute Gasteiger partial charge is 0.321 e. The number of hydrogen-bond acceptors (Lipinski definition) is 8. The lowest BCUT2D eigenvalue weighted by Gasteiger charge is -2.19. The van der Waals surface area contributed by atoms with E-state index < -0.39 is 11.9 Å². The molecule has 5 heterocycles. The van der Waals surface area contributed by atoms with Crippen LogP contribution in [0, 0.1) is 13.8 Å². The van der Waals surface area contributed by atoms with Crippen molar-refractivity contribution < 1.29 is 29.3 Å². The Morgan fingerprint density at radius 1 is 0.920 bits per heavy atom. The summed E-state index contributed by atoms with van der Waals surface area (Å²) in [6.45, 7) is 16.1. The van der Waals surface area contributed by atoms with E-state index >= 15 is 0 Å². The molecule has 0 unspecified atom stereocenters. The number of methoxy groups -OCH3 is 1. The number of carbonyl (C=O) groups excluding carboxylic acids is 2. The van der Waals surface area contributed by atoms with Crippen molar-refractivity contribution in [2.75, 3.05) is 13.7 Å². The number of aliphatic hydroxyl groups is 2. The van der Waals surface area contributed by atoms with Crippen LogP contribution in [-0.2, 0) is 19.1 Å². The summed E-state index contributed by atoms with van der Waals surface area (Å²) in [6, 6.07) is 6.07. The van der Waals surface area contributed by atoms with Crippen molar-refractivity contribution in [2.24, 2.45) is 0 Å². The van der Waals surface area contributed by atoms with Crippen molar-refractivity contribution >= 4 is 45.5 Å². The number of allylic oxidation sites excluding steroid dienone is 1. The van der Waals surface area contributed by atoms with Gasteiger partial charge in [0.25, 0.3) is 0 Å². The third-order valence-electron chi connectivity index (χ3n) is 10.9. The molecule has 5 atom stereocenters. The molecule has 0 aromatic carbocycles. The van der Waals surface area contributed by atoms with Gasteiger partial charge in [-0.05, 0) is 82.9 Å². The van der Waals surface area contributed by atoms with Gasteiger partial charge in [0, 0.05) is 74.2 Å². The number of hydrogen-bond donors (Lipinski definition) is 4. The molecule has 50 heavy (non-hydrogen) atoms. The third kappa shape index (κ3) is 5.88. The van der Waals surface area contributed by atoms with Gasteiger partial charge in [0.15, 0.2) is 0 Å². The summed E-state index contributed by atoms with van der Waals surface area (Å²) in [5.74, 6) is -2.03. The molecule has 10 heteroatoms. The number of H-pyrrole nitrogens is 2. The summed E-state index contributed by atoms with van der Waals surface area (Å²) in [7, 11) is 1.31. The van der Waals surface area contributed by atoms with E-state index in [1.165, 1.54) is 7.11 Å². The molecule has 0 fully saturated rings. The van der Waals surface area contributed by atoms with Gasteiger partial charge in [0.05, 0.1) is 29.6 Å². The molecule has 3 aromatic rings. The van der Waals surface area contributed by atoms with Gasteiger partial charge in [-0.15, -0.1) is 0 Å².